The van der Waals surface area contributed by atoms with Crippen molar-refractivity contribution in [3.63, 3.8) is 0 Å². The molecule has 4 nitrogen and oxygen atoms in total. The number of ether oxygens (including phenoxy) is 3. The molecule has 0 aromatic heterocycles. The standard InChI is InChI=1S/C15H22BrNO3/c1-10-7-17(8-11(2)20-10)9-12-5-14(18-3)15(19-4)6-13(12)16/h5-6,10-11H,7-9H2,1-4H3/t10-,11-/m1/s1. The fourth-order valence-corrected chi connectivity index (χ4v) is 3.12. The van der Waals surface area contributed by atoms with Crippen molar-refractivity contribution in [1.29, 1.82) is 0 Å². The normalized spacial score (nSPS) is 23.6. The number of hydrogen-bond acceptors (Lipinski definition) is 4. The molecular weight excluding hydrogens is 322 g/mol. The maximum Gasteiger partial charge on any atom is 0.161 e. The molecule has 0 aliphatic carbocycles. The number of methoxy groups -OCH3 is 2. The van der Waals surface area contributed by atoms with Crippen molar-refractivity contribution in [3.8, 4) is 11.5 Å². The number of morpholine rings is 1. The molecule has 0 unspecified atom stereocenters. The van der Waals surface area contributed by atoms with E-state index in [9.17, 15) is 0 Å². The van der Waals surface area contributed by atoms with Crippen LogP contribution in [0.15, 0.2) is 16.6 Å². The first-order valence-corrected chi connectivity index (χ1v) is 7.61. The molecule has 0 N–H and O–H groups in total. The Labute approximate surface area is 129 Å². The molecule has 2 rings (SSSR count). The number of nitrogens with zero attached hydrogens (tertiary/aromatic N) is 1. The van der Waals surface area contributed by atoms with Gasteiger partial charge >= 0.3 is 0 Å². The monoisotopic (exact) mass is 343 g/mol. The van der Waals surface area contributed by atoms with Gasteiger partial charge in [-0.1, -0.05) is 15.9 Å². The van der Waals surface area contributed by atoms with Crippen LogP contribution in [0.5, 0.6) is 11.5 Å². The van der Waals surface area contributed by atoms with Gasteiger partial charge in [-0.25, -0.2) is 0 Å². The molecule has 1 aliphatic heterocycles. The van der Waals surface area contributed by atoms with Crippen LogP contribution in [0.3, 0.4) is 0 Å². The molecule has 20 heavy (non-hydrogen) atoms. The van der Waals surface area contributed by atoms with Crippen LogP contribution in [0.4, 0.5) is 0 Å². The van der Waals surface area contributed by atoms with E-state index >= 15 is 0 Å². The lowest BCUT2D eigenvalue weighted by Gasteiger charge is -2.35. The SMILES string of the molecule is COc1cc(Br)c(CN2C[C@@H](C)O[C@H](C)C2)cc1OC. The average molecular weight is 344 g/mol. The van der Waals surface area contributed by atoms with E-state index in [1.54, 1.807) is 14.2 Å². The minimum absolute atomic E-state index is 0.276. The number of benzene rings is 1. The summed E-state index contributed by atoms with van der Waals surface area (Å²) in [7, 11) is 3.31. The largest absolute Gasteiger partial charge is 0.493 e. The van der Waals surface area contributed by atoms with Gasteiger partial charge in [-0.3, -0.25) is 4.90 Å². The Morgan fingerprint density at radius 3 is 2.25 bits per heavy atom. The molecule has 1 aromatic carbocycles. The van der Waals surface area contributed by atoms with E-state index < -0.39 is 0 Å². The lowest BCUT2D eigenvalue weighted by Crippen LogP contribution is -2.44. The van der Waals surface area contributed by atoms with Gasteiger partial charge in [0.15, 0.2) is 11.5 Å². The van der Waals surface area contributed by atoms with Crippen LogP contribution in [-0.4, -0.2) is 44.4 Å². The van der Waals surface area contributed by atoms with Crippen LogP contribution < -0.4 is 9.47 Å². The predicted octanol–water partition coefficient (Wildman–Crippen LogP) is 3.08. The summed E-state index contributed by atoms with van der Waals surface area (Å²) in [6.45, 7) is 7.01. The molecule has 1 aliphatic rings. The molecule has 0 spiro atoms. The second kappa shape index (κ2) is 6.78. The van der Waals surface area contributed by atoms with Crippen LogP contribution in [0, 0.1) is 0 Å². The quantitative estimate of drug-likeness (QED) is 0.840. The van der Waals surface area contributed by atoms with Gasteiger partial charge < -0.3 is 14.2 Å². The fourth-order valence-electron chi connectivity index (χ4n) is 2.67. The van der Waals surface area contributed by atoms with E-state index in [0.29, 0.717) is 0 Å². The predicted molar refractivity (Wildman–Crippen MR) is 82.5 cm³/mol. The maximum absolute atomic E-state index is 5.77. The Morgan fingerprint density at radius 2 is 1.70 bits per heavy atom. The Morgan fingerprint density at radius 1 is 1.15 bits per heavy atom. The molecule has 1 aromatic rings. The number of rotatable bonds is 4. The van der Waals surface area contributed by atoms with Crippen molar-refractivity contribution in [2.24, 2.45) is 0 Å². The van der Waals surface area contributed by atoms with Crippen molar-refractivity contribution in [3.05, 3.63) is 22.2 Å². The van der Waals surface area contributed by atoms with Crippen LogP contribution in [0.25, 0.3) is 0 Å². The highest BCUT2D eigenvalue weighted by Crippen LogP contribution is 2.34. The van der Waals surface area contributed by atoms with Crippen LogP contribution in [-0.2, 0) is 11.3 Å². The molecule has 0 saturated carbocycles. The van der Waals surface area contributed by atoms with E-state index in [1.165, 1.54) is 5.56 Å². The van der Waals surface area contributed by atoms with Gasteiger partial charge in [-0.2, -0.15) is 0 Å². The summed E-state index contributed by atoms with van der Waals surface area (Å²) in [5.41, 5.74) is 1.20. The van der Waals surface area contributed by atoms with Gasteiger partial charge in [0.1, 0.15) is 0 Å². The molecule has 0 bridgehead atoms. The van der Waals surface area contributed by atoms with Crippen molar-refractivity contribution in [2.45, 2.75) is 32.6 Å². The summed E-state index contributed by atoms with van der Waals surface area (Å²) in [5, 5.41) is 0. The van der Waals surface area contributed by atoms with Gasteiger partial charge in [0.05, 0.1) is 26.4 Å². The number of halogens is 1. The second-order valence-electron chi connectivity index (χ2n) is 5.25. The van der Waals surface area contributed by atoms with E-state index in [4.69, 9.17) is 14.2 Å². The highest BCUT2D eigenvalue weighted by Gasteiger charge is 2.23. The van der Waals surface area contributed by atoms with Gasteiger partial charge in [-0.05, 0) is 31.5 Å². The highest BCUT2D eigenvalue weighted by atomic mass is 79.9. The van der Waals surface area contributed by atoms with E-state index in [0.717, 1.165) is 35.6 Å². The Hall–Kier alpha value is -0.780. The first kappa shape index (κ1) is 15.6. The minimum atomic E-state index is 0.276. The molecule has 1 fully saturated rings. The maximum atomic E-state index is 5.77. The van der Waals surface area contributed by atoms with Crippen molar-refractivity contribution in [1.82, 2.24) is 4.90 Å². The third-order valence-electron chi connectivity index (χ3n) is 3.44. The lowest BCUT2D eigenvalue weighted by molar-refractivity contribution is -0.0705. The zero-order valence-corrected chi connectivity index (χ0v) is 14.1. The van der Waals surface area contributed by atoms with Gasteiger partial charge in [0, 0.05) is 24.1 Å². The van der Waals surface area contributed by atoms with Crippen LogP contribution in [0.1, 0.15) is 19.4 Å². The molecule has 112 valence electrons. The molecular formula is C15H22BrNO3. The first-order chi connectivity index (χ1) is 9.53. The Bertz CT molecular complexity index is 457. The second-order valence-corrected chi connectivity index (χ2v) is 6.10. The molecule has 5 heteroatoms. The van der Waals surface area contributed by atoms with E-state index in [1.807, 2.05) is 12.1 Å². The Kier molecular flexibility index (Phi) is 5.29. The summed E-state index contributed by atoms with van der Waals surface area (Å²) in [6, 6.07) is 4.00. The summed E-state index contributed by atoms with van der Waals surface area (Å²) >= 11 is 3.61. The van der Waals surface area contributed by atoms with Gasteiger partial charge in [0.25, 0.3) is 0 Å². The smallest absolute Gasteiger partial charge is 0.161 e. The lowest BCUT2D eigenvalue weighted by atomic mass is 10.1. The molecule has 2 atom stereocenters. The summed E-state index contributed by atoms with van der Waals surface area (Å²) in [6.07, 6.45) is 0.551. The third kappa shape index (κ3) is 3.65. The van der Waals surface area contributed by atoms with E-state index in [-0.39, 0.29) is 12.2 Å². The zero-order chi connectivity index (χ0) is 14.7. The fraction of sp³-hybridized carbons (Fsp3) is 0.600. The van der Waals surface area contributed by atoms with Gasteiger partial charge in [-0.15, -0.1) is 0 Å². The topological polar surface area (TPSA) is 30.9 Å². The Balaban J connectivity index is 2.16. The number of hydrogen-bond donors (Lipinski definition) is 0. The van der Waals surface area contributed by atoms with Crippen LogP contribution >= 0.6 is 15.9 Å². The van der Waals surface area contributed by atoms with Gasteiger partial charge in [0.2, 0.25) is 0 Å². The molecule has 0 radical (unpaired) electrons. The van der Waals surface area contributed by atoms with Crippen molar-refractivity contribution >= 4 is 15.9 Å². The van der Waals surface area contributed by atoms with Crippen molar-refractivity contribution in [2.75, 3.05) is 27.3 Å². The molecule has 0 amide bonds. The molecule has 1 heterocycles. The average Bonchev–Trinajstić information content (AvgIpc) is 2.39. The highest BCUT2D eigenvalue weighted by molar-refractivity contribution is 9.10. The third-order valence-corrected chi connectivity index (χ3v) is 4.18. The summed E-state index contributed by atoms with van der Waals surface area (Å²) < 4.78 is 17.5. The summed E-state index contributed by atoms with van der Waals surface area (Å²) in [5.74, 6) is 1.51. The zero-order valence-electron chi connectivity index (χ0n) is 12.5. The first-order valence-electron chi connectivity index (χ1n) is 6.81. The van der Waals surface area contributed by atoms with E-state index in [2.05, 4.69) is 34.7 Å². The summed E-state index contributed by atoms with van der Waals surface area (Å²) in [4.78, 5) is 2.41. The van der Waals surface area contributed by atoms with Crippen LogP contribution in [0.2, 0.25) is 0 Å². The van der Waals surface area contributed by atoms with Crippen molar-refractivity contribution < 1.29 is 14.2 Å². The minimum Gasteiger partial charge on any atom is -0.493 e. The molecule has 1 saturated heterocycles.